The van der Waals surface area contributed by atoms with Crippen molar-refractivity contribution in [2.75, 3.05) is 18.6 Å². The van der Waals surface area contributed by atoms with Crippen molar-refractivity contribution in [3.63, 3.8) is 0 Å². The first kappa shape index (κ1) is 21.7. The highest BCUT2D eigenvalue weighted by molar-refractivity contribution is 7.91. The van der Waals surface area contributed by atoms with Gasteiger partial charge in [-0.2, -0.15) is 0 Å². The number of phenolic OH excluding ortho intramolecular Hbond substituents is 1. The molecule has 9 nitrogen and oxygen atoms in total. The van der Waals surface area contributed by atoms with Gasteiger partial charge in [-0.1, -0.05) is 6.07 Å². The molecular weight excluding hydrogens is 414 g/mol. The van der Waals surface area contributed by atoms with E-state index in [1.165, 1.54) is 25.3 Å². The second-order valence-corrected chi connectivity index (χ2v) is 9.52. The summed E-state index contributed by atoms with van der Waals surface area (Å²) < 4.78 is 34.0. The third-order valence-corrected chi connectivity index (χ3v) is 6.75. The summed E-state index contributed by atoms with van der Waals surface area (Å²) in [4.78, 5) is 24.7. The standard InChI is InChI=1S/C20H23NO8S/c1-11-7-16(23)19(25)20(29-11)14(12-3-4-15(22)17(8-12)28-2)9-18(24)21-13-5-6-30(26,27)10-13/h3-4,7-8,13-14,22,25H,5-6,9-10H2,1-2H3,(H,21,24). The van der Waals surface area contributed by atoms with Crippen molar-refractivity contribution in [3.05, 3.63) is 51.6 Å². The van der Waals surface area contributed by atoms with Crippen LogP contribution < -0.4 is 15.5 Å². The van der Waals surface area contributed by atoms with Gasteiger partial charge in [0.1, 0.15) is 5.76 Å². The smallest absolute Gasteiger partial charge is 0.227 e. The van der Waals surface area contributed by atoms with E-state index in [2.05, 4.69) is 5.32 Å². The lowest BCUT2D eigenvalue weighted by molar-refractivity contribution is -0.121. The highest BCUT2D eigenvalue weighted by atomic mass is 32.2. The number of sulfone groups is 1. The zero-order chi connectivity index (χ0) is 22.1. The normalized spacial score (nSPS) is 18.7. The van der Waals surface area contributed by atoms with Gasteiger partial charge in [0.25, 0.3) is 0 Å². The van der Waals surface area contributed by atoms with Crippen LogP contribution in [0.25, 0.3) is 0 Å². The maximum atomic E-state index is 12.7. The van der Waals surface area contributed by atoms with Gasteiger partial charge in [0.2, 0.25) is 17.1 Å². The summed E-state index contributed by atoms with van der Waals surface area (Å²) in [5, 5.41) is 22.9. The van der Waals surface area contributed by atoms with Crippen LogP contribution in [0.2, 0.25) is 0 Å². The highest BCUT2D eigenvalue weighted by Gasteiger charge is 2.31. The maximum Gasteiger partial charge on any atom is 0.227 e. The minimum absolute atomic E-state index is 0.0179. The number of carbonyl (C=O) groups excluding carboxylic acids is 1. The summed E-state index contributed by atoms with van der Waals surface area (Å²) in [6.07, 6.45) is 0.112. The van der Waals surface area contributed by atoms with E-state index in [4.69, 9.17) is 9.15 Å². The summed E-state index contributed by atoms with van der Waals surface area (Å²) in [6, 6.07) is 5.02. The van der Waals surface area contributed by atoms with Crippen LogP contribution in [0.4, 0.5) is 0 Å². The Hall–Kier alpha value is -3.01. The van der Waals surface area contributed by atoms with E-state index in [0.717, 1.165) is 6.07 Å². The fraction of sp³-hybridized carbons (Fsp3) is 0.400. The molecule has 1 aromatic carbocycles. The summed E-state index contributed by atoms with van der Waals surface area (Å²) in [7, 11) is -1.80. The van der Waals surface area contributed by atoms with E-state index < -0.39 is 38.9 Å². The van der Waals surface area contributed by atoms with E-state index >= 15 is 0 Å². The summed E-state index contributed by atoms with van der Waals surface area (Å²) in [5.74, 6) is -1.86. The highest BCUT2D eigenvalue weighted by Crippen LogP contribution is 2.37. The fourth-order valence-electron chi connectivity index (χ4n) is 3.52. The van der Waals surface area contributed by atoms with E-state index in [1.807, 2.05) is 0 Å². The number of phenols is 1. The number of aromatic hydroxyl groups is 2. The first-order valence-electron chi connectivity index (χ1n) is 9.30. The van der Waals surface area contributed by atoms with Crippen LogP contribution in [0, 0.1) is 6.92 Å². The molecule has 0 saturated carbocycles. The molecule has 2 atom stereocenters. The van der Waals surface area contributed by atoms with E-state index in [0.29, 0.717) is 12.0 Å². The lowest BCUT2D eigenvalue weighted by Crippen LogP contribution is -2.36. The van der Waals surface area contributed by atoms with Gasteiger partial charge in [0.15, 0.2) is 27.1 Å². The molecule has 10 heteroatoms. The zero-order valence-electron chi connectivity index (χ0n) is 16.5. The molecule has 1 amide bonds. The molecule has 2 unspecified atom stereocenters. The molecule has 2 heterocycles. The second-order valence-electron chi connectivity index (χ2n) is 7.29. The Morgan fingerprint density at radius 1 is 1.33 bits per heavy atom. The Balaban J connectivity index is 1.96. The van der Waals surface area contributed by atoms with Gasteiger partial charge in [-0.15, -0.1) is 0 Å². The lowest BCUT2D eigenvalue weighted by atomic mass is 9.91. The molecule has 1 saturated heterocycles. The van der Waals surface area contributed by atoms with Gasteiger partial charge >= 0.3 is 0 Å². The lowest BCUT2D eigenvalue weighted by Gasteiger charge is -2.20. The number of amides is 1. The molecular formula is C20H23NO8S. The third-order valence-electron chi connectivity index (χ3n) is 4.98. The Kier molecular flexibility index (Phi) is 6.06. The van der Waals surface area contributed by atoms with Crippen molar-refractivity contribution in [1.82, 2.24) is 5.32 Å². The number of ether oxygens (including phenoxy) is 1. The van der Waals surface area contributed by atoms with Crippen molar-refractivity contribution in [1.29, 1.82) is 0 Å². The molecule has 30 heavy (non-hydrogen) atoms. The minimum atomic E-state index is -3.16. The van der Waals surface area contributed by atoms with Gasteiger partial charge < -0.3 is 24.7 Å². The predicted molar refractivity (Wildman–Crippen MR) is 108 cm³/mol. The van der Waals surface area contributed by atoms with Crippen LogP contribution in [0.3, 0.4) is 0 Å². The largest absolute Gasteiger partial charge is 0.504 e. The van der Waals surface area contributed by atoms with Gasteiger partial charge in [0.05, 0.1) is 24.5 Å². The van der Waals surface area contributed by atoms with Crippen molar-refractivity contribution in [2.24, 2.45) is 0 Å². The van der Waals surface area contributed by atoms with E-state index in [9.17, 15) is 28.2 Å². The first-order valence-corrected chi connectivity index (χ1v) is 11.1. The quantitative estimate of drug-likeness (QED) is 0.612. The Bertz CT molecular complexity index is 1120. The summed E-state index contributed by atoms with van der Waals surface area (Å²) >= 11 is 0. The fourth-order valence-corrected chi connectivity index (χ4v) is 5.19. The van der Waals surface area contributed by atoms with Crippen molar-refractivity contribution in [3.8, 4) is 17.2 Å². The second kappa shape index (κ2) is 8.39. The third kappa shape index (κ3) is 4.76. The van der Waals surface area contributed by atoms with Gasteiger partial charge in [0, 0.05) is 18.5 Å². The average Bonchev–Trinajstić information content (AvgIpc) is 3.01. The number of aryl methyl sites for hydroxylation is 1. The number of nitrogens with one attached hydrogen (secondary N) is 1. The molecule has 2 aromatic rings. The van der Waals surface area contributed by atoms with Crippen LogP contribution in [-0.2, 0) is 14.6 Å². The van der Waals surface area contributed by atoms with Gasteiger partial charge in [-0.25, -0.2) is 8.42 Å². The molecule has 1 aromatic heterocycles. The number of methoxy groups -OCH3 is 1. The SMILES string of the molecule is COc1cc(C(CC(=O)NC2CCS(=O)(=O)C2)c2oc(C)cc(=O)c2O)ccc1O. The number of benzene rings is 1. The molecule has 0 spiro atoms. The molecule has 3 rings (SSSR count). The molecule has 1 aliphatic heterocycles. The van der Waals surface area contributed by atoms with Crippen molar-refractivity contribution in [2.45, 2.75) is 31.7 Å². The summed E-state index contributed by atoms with van der Waals surface area (Å²) in [5.41, 5.74) is -0.185. The minimum Gasteiger partial charge on any atom is -0.504 e. The monoisotopic (exact) mass is 437 g/mol. The molecule has 162 valence electrons. The van der Waals surface area contributed by atoms with Gasteiger partial charge in [-0.05, 0) is 31.0 Å². The number of hydrogen-bond acceptors (Lipinski definition) is 8. The molecule has 3 N–H and O–H groups in total. The Morgan fingerprint density at radius 2 is 2.07 bits per heavy atom. The predicted octanol–water partition coefficient (Wildman–Crippen LogP) is 1.19. The van der Waals surface area contributed by atoms with Crippen LogP contribution >= 0.6 is 0 Å². The van der Waals surface area contributed by atoms with Crippen molar-refractivity contribution < 1.29 is 32.6 Å². The summed E-state index contributed by atoms with van der Waals surface area (Å²) in [6.45, 7) is 1.54. The molecule has 1 fully saturated rings. The molecule has 0 radical (unpaired) electrons. The Morgan fingerprint density at radius 3 is 2.70 bits per heavy atom. The number of carbonyl (C=O) groups is 1. The van der Waals surface area contributed by atoms with Gasteiger partial charge in [-0.3, -0.25) is 9.59 Å². The molecule has 1 aliphatic rings. The van der Waals surface area contributed by atoms with E-state index in [-0.39, 0.29) is 40.9 Å². The molecule has 0 aliphatic carbocycles. The van der Waals surface area contributed by atoms with Crippen LogP contribution in [0.15, 0.2) is 33.5 Å². The zero-order valence-corrected chi connectivity index (χ0v) is 17.4. The average molecular weight is 437 g/mol. The van der Waals surface area contributed by atoms with E-state index in [1.54, 1.807) is 6.92 Å². The maximum absolute atomic E-state index is 12.7. The van der Waals surface area contributed by atoms with Crippen LogP contribution in [0.5, 0.6) is 17.2 Å². The number of rotatable bonds is 6. The number of hydrogen-bond donors (Lipinski definition) is 3. The molecule has 0 bridgehead atoms. The Labute approximate surface area is 173 Å². The first-order chi connectivity index (χ1) is 14.1. The van der Waals surface area contributed by atoms with Crippen LogP contribution in [-0.4, -0.2) is 49.2 Å². The topological polar surface area (TPSA) is 143 Å². The van der Waals surface area contributed by atoms with Crippen molar-refractivity contribution >= 4 is 15.7 Å². The van der Waals surface area contributed by atoms with Crippen LogP contribution in [0.1, 0.15) is 35.8 Å².